The molecule has 3 aromatic rings. The number of benzene rings is 3. The van der Waals surface area contributed by atoms with Gasteiger partial charge in [0.2, 0.25) is 0 Å². The number of carbonyl (C=O) groups excluding carboxylic acids is 1. The molecule has 0 fully saturated rings. The molecule has 3 rings (SSSR count). The molecule has 0 aliphatic heterocycles. The fourth-order valence-electron chi connectivity index (χ4n) is 2.97. The van der Waals surface area contributed by atoms with Crippen LogP contribution in [-0.2, 0) is 16.6 Å². The van der Waals surface area contributed by atoms with Gasteiger partial charge >= 0.3 is 0 Å². The van der Waals surface area contributed by atoms with Gasteiger partial charge in [0.05, 0.1) is 16.5 Å². The number of sulfonamides is 1. The summed E-state index contributed by atoms with van der Waals surface area (Å²) < 4.78 is 40.3. The molecular formula is C24H20FN3O3S. The van der Waals surface area contributed by atoms with Gasteiger partial charge in [-0.1, -0.05) is 18.2 Å². The summed E-state index contributed by atoms with van der Waals surface area (Å²) in [5.41, 5.74) is 2.05. The Morgan fingerprint density at radius 2 is 1.66 bits per heavy atom. The molecule has 1 amide bonds. The topological polar surface area (TPSA) is 90.3 Å². The fraction of sp³-hybridized carbons (Fsp3) is 0.0833. The Bertz CT molecular complexity index is 1250. The molecule has 0 atom stereocenters. The van der Waals surface area contributed by atoms with Crippen LogP contribution >= 0.6 is 0 Å². The molecule has 6 nitrogen and oxygen atoms in total. The first-order chi connectivity index (χ1) is 15.3. The lowest BCUT2D eigenvalue weighted by Gasteiger charge is -2.21. The quantitative estimate of drug-likeness (QED) is 0.519. The largest absolute Gasteiger partial charge is 0.331 e. The summed E-state index contributed by atoms with van der Waals surface area (Å²) in [5, 5.41) is 8.91. The van der Waals surface area contributed by atoms with Crippen molar-refractivity contribution in [3.05, 3.63) is 108 Å². The predicted octanol–water partition coefficient (Wildman–Crippen LogP) is 4.33. The molecule has 0 bridgehead atoms. The number of anilines is 1. The number of nitriles is 1. The molecule has 0 spiro atoms. The Kier molecular flexibility index (Phi) is 7.03. The maximum absolute atomic E-state index is 13.0. The second kappa shape index (κ2) is 9.90. The fourth-order valence-corrected chi connectivity index (χ4v) is 4.03. The number of nitrogens with zero attached hydrogens (tertiary/aromatic N) is 2. The number of nitrogens with one attached hydrogen (secondary N) is 1. The van der Waals surface area contributed by atoms with Crippen molar-refractivity contribution in [3.63, 3.8) is 0 Å². The Balaban J connectivity index is 1.73. The van der Waals surface area contributed by atoms with E-state index in [1.54, 1.807) is 35.2 Å². The number of carbonyl (C=O) groups is 1. The number of amides is 1. The van der Waals surface area contributed by atoms with E-state index in [-0.39, 0.29) is 16.5 Å². The lowest BCUT2D eigenvalue weighted by Crippen LogP contribution is -2.30. The summed E-state index contributed by atoms with van der Waals surface area (Å²) >= 11 is 0. The van der Waals surface area contributed by atoms with Crippen molar-refractivity contribution in [2.75, 3.05) is 11.3 Å². The third kappa shape index (κ3) is 5.59. The monoisotopic (exact) mass is 449 g/mol. The van der Waals surface area contributed by atoms with E-state index in [4.69, 9.17) is 5.26 Å². The number of hydrogen-bond acceptors (Lipinski definition) is 4. The molecule has 32 heavy (non-hydrogen) atoms. The van der Waals surface area contributed by atoms with Gasteiger partial charge in [-0.15, -0.1) is 6.58 Å². The Morgan fingerprint density at radius 1 is 1.03 bits per heavy atom. The first-order valence-corrected chi connectivity index (χ1v) is 11.1. The van der Waals surface area contributed by atoms with E-state index >= 15 is 0 Å². The summed E-state index contributed by atoms with van der Waals surface area (Å²) in [7, 11) is -3.88. The Labute approximate surface area is 186 Å². The van der Waals surface area contributed by atoms with Crippen LogP contribution in [-0.4, -0.2) is 25.8 Å². The molecule has 0 aliphatic rings. The zero-order valence-electron chi connectivity index (χ0n) is 17.0. The van der Waals surface area contributed by atoms with Crippen LogP contribution in [0.4, 0.5) is 10.1 Å². The summed E-state index contributed by atoms with van der Waals surface area (Å²) in [6.07, 6.45) is 1.62. The molecule has 0 radical (unpaired) electrons. The maximum atomic E-state index is 13.0. The van der Waals surface area contributed by atoms with E-state index in [1.165, 1.54) is 36.4 Å². The van der Waals surface area contributed by atoms with Crippen molar-refractivity contribution in [2.24, 2.45) is 0 Å². The smallest absolute Gasteiger partial charge is 0.261 e. The van der Waals surface area contributed by atoms with E-state index in [9.17, 15) is 17.6 Å². The molecule has 0 heterocycles. The highest BCUT2D eigenvalue weighted by Gasteiger charge is 2.17. The molecule has 0 aromatic heterocycles. The van der Waals surface area contributed by atoms with Crippen molar-refractivity contribution >= 4 is 21.6 Å². The minimum Gasteiger partial charge on any atom is -0.331 e. The standard InChI is InChI=1S/C24H20FN3O3S/c1-2-15-28(17-19-5-3-18(16-26)4-6-19)24(29)20-7-11-22(12-8-20)27-32(30,31)23-13-9-21(25)10-14-23/h2-14,27H,1,15,17H2. The molecule has 0 aliphatic carbocycles. The highest BCUT2D eigenvalue weighted by atomic mass is 32.2. The van der Waals surface area contributed by atoms with E-state index in [0.29, 0.717) is 24.2 Å². The van der Waals surface area contributed by atoms with Gasteiger partial charge < -0.3 is 4.90 Å². The van der Waals surface area contributed by atoms with Gasteiger partial charge in [0.1, 0.15) is 5.82 Å². The Hall–Kier alpha value is -3.96. The summed E-state index contributed by atoms with van der Waals surface area (Å²) in [6.45, 7) is 4.34. The van der Waals surface area contributed by atoms with Crippen LogP contribution in [0.1, 0.15) is 21.5 Å². The molecule has 1 N–H and O–H groups in total. The molecule has 3 aromatic carbocycles. The summed E-state index contributed by atoms with van der Waals surface area (Å²) in [6, 6.07) is 19.5. The van der Waals surface area contributed by atoms with E-state index in [2.05, 4.69) is 17.4 Å². The van der Waals surface area contributed by atoms with E-state index < -0.39 is 15.8 Å². The average molecular weight is 450 g/mol. The predicted molar refractivity (Wildman–Crippen MR) is 120 cm³/mol. The van der Waals surface area contributed by atoms with E-state index in [0.717, 1.165) is 17.7 Å². The maximum Gasteiger partial charge on any atom is 0.261 e. The number of halogens is 1. The van der Waals surface area contributed by atoms with Crippen LogP contribution in [0.15, 0.2) is 90.3 Å². The molecule has 0 unspecified atom stereocenters. The first kappa shape index (κ1) is 22.7. The summed E-state index contributed by atoms with van der Waals surface area (Å²) in [5.74, 6) is -0.779. The van der Waals surface area contributed by atoms with Crippen LogP contribution < -0.4 is 4.72 Å². The van der Waals surface area contributed by atoms with Crippen LogP contribution in [0.2, 0.25) is 0 Å². The SMILES string of the molecule is C=CCN(Cc1ccc(C#N)cc1)C(=O)c1ccc(NS(=O)(=O)c2ccc(F)cc2)cc1. The van der Waals surface area contributed by atoms with Gasteiger partial charge in [-0.2, -0.15) is 5.26 Å². The van der Waals surface area contributed by atoms with Gasteiger partial charge in [-0.3, -0.25) is 9.52 Å². The Morgan fingerprint density at radius 3 is 2.22 bits per heavy atom. The minimum atomic E-state index is -3.88. The molecular weight excluding hydrogens is 429 g/mol. The molecule has 8 heteroatoms. The van der Waals surface area contributed by atoms with E-state index in [1.807, 2.05) is 0 Å². The second-order valence-electron chi connectivity index (χ2n) is 6.92. The minimum absolute atomic E-state index is 0.0707. The highest BCUT2D eigenvalue weighted by Crippen LogP contribution is 2.18. The number of rotatable bonds is 8. The lowest BCUT2D eigenvalue weighted by atomic mass is 10.1. The van der Waals surface area contributed by atoms with Crippen LogP contribution in [0.3, 0.4) is 0 Å². The summed E-state index contributed by atoms with van der Waals surface area (Å²) in [4.78, 5) is 14.5. The van der Waals surface area contributed by atoms with Gasteiger partial charge in [0.15, 0.2) is 0 Å². The number of hydrogen-bond donors (Lipinski definition) is 1. The molecule has 0 saturated heterocycles. The van der Waals surface area contributed by atoms with Crippen molar-refractivity contribution in [1.29, 1.82) is 5.26 Å². The van der Waals surface area contributed by atoms with Gasteiger partial charge in [-0.05, 0) is 66.2 Å². The zero-order valence-corrected chi connectivity index (χ0v) is 17.8. The normalized spacial score (nSPS) is 10.8. The van der Waals surface area contributed by atoms with Crippen LogP contribution in [0.5, 0.6) is 0 Å². The van der Waals surface area contributed by atoms with Gasteiger partial charge in [0.25, 0.3) is 15.9 Å². The first-order valence-electron chi connectivity index (χ1n) is 9.60. The average Bonchev–Trinajstić information content (AvgIpc) is 2.79. The van der Waals surface area contributed by atoms with Gasteiger partial charge in [0, 0.05) is 24.3 Å². The van der Waals surface area contributed by atoms with Crippen molar-refractivity contribution in [2.45, 2.75) is 11.4 Å². The van der Waals surface area contributed by atoms with Crippen LogP contribution in [0, 0.1) is 17.1 Å². The second-order valence-corrected chi connectivity index (χ2v) is 8.60. The van der Waals surface area contributed by atoms with Gasteiger partial charge in [-0.25, -0.2) is 12.8 Å². The van der Waals surface area contributed by atoms with Crippen molar-refractivity contribution < 1.29 is 17.6 Å². The van der Waals surface area contributed by atoms with Crippen molar-refractivity contribution in [1.82, 2.24) is 4.90 Å². The third-order valence-corrected chi connectivity index (χ3v) is 6.00. The molecule has 162 valence electrons. The van der Waals surface area contributed by atoms with Crippen molar-refractivity contribution in [3.8, 4) is 6.07 Å². The zero-order chi connectivity index (χ0) is 23.1. The lowest BCUT2D eigenvalue weighted by molar-refractivity contribution is 0.0762. The van der Waals surface area contributed by atoms with Crippen LogP contribution in [0.25, 0.3) is 0 Å². The highest BCUT2D eigenvalue weighted by molar-refractivity contribution is 7.92. The molecule has 0 saturated carbocycles. The third-order valence-electron chi connectivity index (χ3n) is 4.60.